The largest absolute Gasteiger partial charge is 0.332 e. The summed E-state index contributed by atoms with van der Waals surface area (Å²) in [5.41, 5.74) is 2.36. The lowest BCUT2D eigenvalue weighted by molar-refractivity contribution is -0.113. The molecule has 3 aromatic carbocycles. The van der Waals surface area contributed by atoms with E-state index in [0.29, 0.717) is 20.8 Å². The molecule has 0 fully saturated rings. The molecule has 4 nitrogen and oxygen atoms in total. The smallest absolute Gasteiger partial charge is 0.234 e. The zero-order valence-corrected chi connectivity index (χ0v) is 18.3. The fraction of sp³-hybridized carbons (Fsp3) is 0.0476. The van der Waals surface area contributed by atoms with E-state index in [-0.39, 0.29) is 11.7 Å². The summed E-state index contributed by atoms with van der Waals surface area (Å²) in [5.74, 6) is 0.133. The summed E-state index contributed by atoms with van der Waals surface area (Å²) in [4.78, 5) is 13.1. The number of thioether (sulfide) groups is 1. The summed E-state index contributed by atoms with van der Waals surface area (Å²) in [5, 5.41) is 10.5. The number of halogens is 2. The molecule has 0 aliphatic carbocycles. The number of rotatable bonds is 6. The number of anilines is 3. The molecule has 0 radical (unpaired) electrons. The van der Waals surface area contributed by atoms with Gasteiger partial charge in [0, 0.05) is 32.0 Å². The van der Waals surface area contributed by atoms with Crippen LogP contribution in [-0.2, 0) is 4.79 Å². The van der Waals surface area contributed by atoms with Crippen LogP contribution in [-0.4, -0.2) is 16.8 Å². The summed E-state index contributed by atoms with van der Waals surface area (Å²) >= 11 is 18.6. The third kappa shape index (κ3) is 7.25. The van der Waals surface area contributed by atoms with Crippen LogP contribution in [0, 0.1) is 0 Å². The van der Waals surface area contributed by atoms with Gasteiger partial charge in [-0.1, -0.05) is 41.4 Å². The van der Waals surface area contributed by atoms with E-state index in [1.807, 2.05) is 54.6 Å². The van der Waals surface area contributed by atoms with Crippen LogP contribution in [0.5, 0.6) is 0 Å². The Morgan fingerprint density at radius 2 is 1.38 bits per heavy atom. The topological polar surface area (TPSA) is 53.2 Å². The maximum absolute atomic E-state index is 12.1. The minimum atomic E-state index is -0.135. The summed E-state index contributed by atoms with van der Waals surface area (Å²) in [6.07, 6.45) is 0. The molecule has 0 saturated heterocycles. The van der Waals surface area contributed by atoms with Crippen molar-refractivity contribution in [3.8, 4) is 0 Å². The van der Waals surface area contributed by atoms with Gasteiger partial charge in [0.1, 0.15) is 0 Å². The van der Waals surface area contributed by atoms with Crippen LogP contribution < -0.4 is 16.0 Å². The Bertz CT molecular complexity index is 978. The molecule has 148 valence electrons. The third-order valence-corrected chi connectivity index (χ3v) is 5.31. The van der Waals surface area contributed by atoms with E-state index in [9.17, 15) is 4.79 Å². The maximum Gasteiger partial charge on any atom is 0.234 e. The Balaban J connectivity index is 1.47. The number of para-hydroxylation sites is 1. The number of thiocarbonyl (C=S) groups is 1. The van der Waals surface area contributed by atoms with Gasteiger partial charge in [0.05, 0.1) is 5.75 Å². The van der Waals surface area contributed by atoms with Gasteiger partial charge in [0.25, 0.3) is 0 Å². The predicted octanol–water partition coefficient (Wildman–Crippen LogP) is 6.53. The van der Waals surface area contributed by atoms with Gasteiger partial charge in [-0.3, -0.25) is 4.79 Å². The van der Waals surface area contributed by atoms with Gasteiger partial charge in [0.15, 0.2) is 5.11 Å². The number of benzene rings is 3. The number of nitrogens with one attached hydrogen (secondary N) is 3. The van der Waals surface area contributed by atoms with Crippen LogP contribution in [0.15, 0.2) is 77.7 Å². The summed E-state index contributed by atoms with van der Waals surface area (Å²) in [6.45, 7) is 0. The Labute approximate surface area is 189 Å². The van der Waals surface area contributed by atoms with E-state index >= 15 is 0 Å². The van der Waals surface area contributed by atoms with Crippen LogP contribution in [0.3, 0.4) is 0 Å². The molecule has 3 N–H and O–H groups in total. The first kappa shape index (κ1) is 21.5. The first-order chi connectivity index (χ1) is 14.0. The van der Waals surface area contributed by atoms with E-state index in [4.69, 9.17) is 35.4 Å². The molecule has 3 aromatic rings. The van der Waals surface area contributed by atoms with Crippen LogP contribution in [0.2, 0.25) is 10.0 Å². The van der Waals surface area contributed by atoms with Gasteiger partial charge < -0.3 is 16.0 Å². The van der Waals surface area contributed by atoms with E-state index in [1.165, 1.54) is 11.8 Å². The van der Waals surface area contributed by atoms with Crippen molar-refractivity contribution in [2.45, 2.75) is 4.90 Å². The zero-order valence-electron chi connectivity index (χ0n) is 15.1. The Morgan fingerprint density at radius 1 is 0.793 bits per heavy atom. The average molecular weight is 462 g/mol. The highest BCUT2D eigenvalue weighted by Gasteiger charge is 2.06. The molecule has 0 unspecified atom stereocenters. The highest BCUT2D eigenvalue weighted by molar-refractivity contribution is 8.00. The highest BCUT2D eigenvalue weighted by Crippen LogP contribution is 2.24. The van der Waals surface area contributed by atoms with Gasteiger partial charge in [-0.05, 0) is 66.8 Å². The molecular formula is C21H17Cl2N3OS2. The van der Waals surface area contributed by atoms with Crippen molar-refractivity contribution in [3.63, 3.8) is 0 Å². The fourth-order valence-corrected chi connectivity index (χ4v) is 3.88. The monoisotopic (exact) mass is 461 g/mol. The van der Waals surface area contributed by atoms with Crippen LogP contribution >= 0.6 is 47.2 Å². The first-order valence-electron chi connectivity index (χ1n) is 8.60. The summed E-state index contributed by atoms with van der Waals surface area (Å²) in [7, 11) is 0. The van der Waals surface area contributed by atoms with Crippen molar-refractivity contribution < 1.29 is 4.79 Å². The first-order valence-corrected chi connectivity index (χ1v) is 10.7. The van der Waals surface area contributed by atoms with E-state index in [0.717, 1.165) is 16.3 Å². The fourth-order valence-electron chi connectivity index (χ4n) is 2.42. The second-order valence-electron chi connectivity index (χ2n) is 5.96. The maximum atomic E-state index is 12.1. The van der Waals surface area contributed by atoms with E-state index in [2.05, 4.69) is 16.0 Å². The Kier molecular flexibility index (Phi) is 7.77. The van der Waals surface area contributed by atoms with Gasteiger partial charge in [-0.25, -0.2) is 0 Å². The van der Waals surface area contributed by atoms with Crippen molar-refractivity contribution >= 4 is 75.3 Å². The molecule has 29 heavy (non-hydrogen) atoms. The van der Waals surface area contributed by atoms with Gasteiger partial charge >= 0.3 is 0 Å². The average Bonchev–Trinajstić information content (AvgIpc) is 2.67. The van der Waals surface area contributed by atoms with Crippen molar-refractivity contribution in [2.24, 2.45) is 0 Å². The molecule has 0 aromatic heterocycles. The Morgan fingerprint density at radius 3 is 2.00 bits per heavy atom. The molecule has 3 rings (SSSR count). The molecular weight excluding hydrogens is 445 g/mol. The number of amides is 1. The van der Waals surface area contributed by atoms with Crippen LogP contribution in [0.1, 0.15) is 0 Å². The standard InChI is InChI=1S/C21H17Cl2N3OS2/c22-14-10-15(23)12-18(11-14)24-20(27)13-29-19-8-6-17(7-9-19)26-21(28)25-16-4-2-1-3-5-16/h1-12H,13H2,(H,24,27)(H2,25,26,28). The normalized spacial score (nSPS) is 10.3. The quantitative estimate of drug-likeness (QED) is 0.287. The predicted molar refractivity (Wildman–Crippen MR) is 129 cm³/mol. The van der Waals surface area contributed by atoms with Gasteiger partial charge in [-0.15, -0.1) is 11.8 Å². The molecule has 8 heteroatoms. The Hall–Kier alpha value is -2.25. The lowest BCUT2D eigenvalue weighted by Crippen LogP contribution is -2.18. The number of carbonyl (C=O) groups is 1. The highest BCUT2D eigenvalue weighted by atomic mass is 35.5. The van der Waals surface area contributed by atoms with E-state index in [1.54, 1.807) is 18.2 Å². The zero-order chi connectivity index (χ0) is 20.6. The van der Waals surface area contributed by atoms with Crippen LogP contribution in [0.25, 0.3) is 0 Å². The van der Waals surface area contributed by atoms with Gasteiger partial charge in [0.2, 0.25) is 5.91 Å². The number of carbonyl (C=O) groups excluding carboxylic acids is 1. The third-order valence-electron chi connectivity index (χ3n) is 3.66. The second-order valence-corrected chi connectivity index (χ2v) is 8.29. The summed E-state index contributed by atoms with van der Waals surface area (Å²) in [6, 6.07) is 22.3. The second kappa shape index (κ2) is 10.5. The number of hydrogen-bond acceptors (Lipinski definition) is 3. The molecule has 0 saturated carbocycles. The molecule has 0 aliphatic rings. The molecule has 0 aliphatic heterocycles. The molecule has 0 heterocycles. The van der Waals surface area contributed by atoms with Crippen molar-refractivity contribution in [1.82, 2.24) is 0 Å². The number of hydrogen-bond donors (Lipinski definition) is 3. The lowest BCUT2D eigenvalue weighted by atomic mass is 10.3. The lowest BCUT2D eigenvalue weighted by Gasteiger charge is -2.11. The SMILES string of the molecule is O=C(CSc1ccc(NC(=S)Nc2ccccc2)cc1)Nc1cc(Cl)cc(Cl)c1. The summed E-state index contributed by atoms with van der Waals surface area (Å²) < 4.78 is 0. The van der Waals surface area contributed by atoms with Crippen molar-refractivity contribution in [1.29, 1.82) is 0 Å². The molecule has 1 amide bonds. The minimum absolute atomic E-state index is 0.135. The van der Waals surface area contributed by atoms with E-state index < -0.39 is 0 Å². The van der Waals surface area contributed by atoms with Crippen LogP contribution in [0.4, 0.5) is 17.1 Å². The molecule has 0 spiro atoms. The molecule has 0 bridgehead atoms. The minimum Gasteiger partial charge on any atom is -0.332 e. The molecule has 0 atom stereocenters. The van der Waals surface area contributed by atoms with Crippen molar-refractivity contribution in [3.05, 3.63) is 82.8 Å². The van der Waals surface area contributed by atoms with Gasteiger partial charge in [-0.2, -0.15) is 0 Å². The van der Waals surface area contributed by atoms with Crippen molar-refractivity contribution in [2.75, 3.05) is 21.7 Å².